The van der Waals surface area contributed by atoms with Crippen molar-refractivity contribution in [2.24, 2.45) is 5.92 Å². The molecule has 2 aromatic rings. The van der Waals surface area contributed by atoms with Crippen LogP contribution in [-0.2, 0) is 16.1 Å². The molecule has 1 N–H and O–H groups in total. The number of likely N-dealkylation sites (N-methyl/N-ethyl adjacent to an activating group) is 1. The zero-order chi connectivity index (χ0) is 26.3. The molecule has 7 heteroatoms. The Morgan fingerprint density at radius 3 is 2.25 bits per heavy atom. The van der Waals surface area contributed by atoms with Crippen LogP contribution in [0.25, 0.3) is 0 Å². The summed E-state index contributed by atoms with van der Waals surface area (Å²) < 4.78 is 19.3. The van der Waals surface area contributed by atoms with Gasteiger partial charge in [0.15, 0.2) is 0 Å². The number of esters is 1. The minimum atomic E-state index is -0.512. The van der Waals surface area contributed by atoms with Gasteiger partial charge < -0.3 is 14.7 Å². The molecular formula is C29H39FN2O4. The lowest BCUT2D eigenvalue weighted by molar-refractivity contribution is -0.161. The van der Waals surface area contributed by atoms with Crippen LogP contribution < -0.4 is 4.90 Å². The summed E-state index contributed by atoms with van der Waals surface area (Å²) in [6.45, 7) is 8.38. The van der Waals surface area contributed by atoms with E-state index in [1.54, 1.807) is 21.9 Å². The number of ether oxygens (including phenoxy) is 1. The summed E-state index contributed by atoms with van der Waals surface area (Å²) in [5, 5.41) is 9.38. The second-order valence-corrected chi connectivity index (χ2v) is 10.4. The molecule has 0 heterocycles. The molecule has 196 valence electrons. The summed E-state index contributed by atoms with van der Waals surface area (Å²) >= 11 is 0. The second kappa shape index (κ2) is 12.3. The number of aliphatic hydroxyl groups excluding tert-OH is 1. The molecule has 1 fully saturated rings. The van der Waals surface area contributed by atoms with E-state index in [0.717, 1.165) is 36.8 Å². The van der Waals surface area contributed by atoms with Crippen molar-refractivity contribution in [1.82, 2.24) is 4.90 Å². The molecule has 36 heavy (non-hydrogen) atoms. The van der Waals surface area contributed by atoms with Crippen LogP contribution in [-0.4, -0.2) is 47.3 Å². The number of halogens is 1. The summed E-state index contributed by atoms with van der Waals surface area (Å²) in [6.07, 6.45) is 3.87. The first-order valence-electron chi connectivity index (χ1n) is 12.9. The quantitative estimate of drug-likeness (QED) is 0.461. The van der Waals surface area contributed by atoms with E-state index in [-0.39, 0.29) is 42.8 Å². The molecular weight excluding hydrogens is 459 g/mol. The van der Waals surface area contributed by atoms with Gasteiger partial charge in [0.05, 0.1) is 19.1 Å². The SMILES string of the molecule is CCN(CCO)C(=O)N(Cc1ccc(C2CCCCC2C(=O)OC(C)(C)C)cc1)c1ccc(F)cc1. The predicted molar refractivity (Wildman–Crippen MR) is 139 cm³/mol. The fourth-order valence-corrected chi connectivity index (χ4v) is 4.81. The van der Waals surface area contributed by atoms with Crippen LogP contribution in [0.5, 0.6) is 0 Å². The van der Waals surface area contributed by atoms with Gasteiger partial charge in [0.25, 0.3) is 0 Å². The van der Waals surface area contributed by atoms with Crippen molar-refractivity contribution in [3.63, 3.8) is 0 Å². The van der Waals surface area contributed by atoms with Crippen molar-refractivity contribution in [1.29, 1.82) is 0 Å². The second-order valence-electron chi connectivity index (χ2n) is 10.4. The fourth-order valence-electron chi connectivity index (χ4n) is 4.81. The maximum atomic E-state index is 13.5. The number of aliphatic hydroxyl groups is 1. The largest absolute Gasteiger partial charge is 0.460 e. The van der Waals surface area contributed by atoms with E-state index in [4.69, 9.17) is 4.74 Å². The lowest BCUT2D eigenvalue weighted by Gasteiger charge is -2.33. The lowest BCUT2D eigenvalue weighted by Crippen LogP contribution is -2.44. The zero-order valence-electron chi connectivity index (χ0n) is 21.9. The normalized spacial score (nSPS) is 17.9. The highest BCUT2D eigenvalue weighted by Crippen LogP contribution is 2.39. The molecule has 2 aromatic carbocycles. The van der Waals surface area contributed by atoms with E-state index in [9.17, 15) is 19.1 Å². The van der Waals surface area contributed by atoms with Crippen LogP contribution in [0.15, 0.2) is 48.5 Å². The van der Waals surface area contributed by atoms with Gasteiger partial charge in [-0.3, -0.25) is 9.69 Å². The van der Waals surface area contributed by atoms with Crippen LogP contribution in [0.2, 0.25) is 0 Å². The number of amides is 2. The molecule has 3 rings (SSSR count). The highest BCUT2D eigenvalue weighted by Gasteiger charge is 2.35. The third kappa shape index (κ3) is 7.29. The third-order valence-electron chi connectivity index (χ3n) is 6.62. The highest BCUT2D eigenvalue weighted by atomic mass is 19.1. The van der Waals surface area contributed by atoms with Crippen LogP contribution in [0.4, 0.5) is 14.9 Å². The van der Waals surface area contributed by atoms with E-state index in [2.05, 4.69) is 0 Å². The zero-order valence-corrected chi connectivity index (χ0v) is 21.9. The smallest absolute Gasteiger partial charge is 0.324 e. The Hall–Kier alpha value is -2.93. The highest BCUT2D eigenvalue weighted by molar-refractivity contribution is 5.92. The van der Waals surface area contributed by atoms with Gasteiger partial charge in [-0.15, -0.1) is 0 Å². The standard InChI is InChI=1S/C29H39FN2O4/c1-5-31(18-19-33)28(35)32(24-16-14-23(30)15-17-24)20-21-10-12-22(13-11-21)25-8-6-7-9-26(25)27(34)36-29(2,3)4/h10-17,25-26,33H,5-9,18-20H2,1-4H3. The van der Waals surface area contributed by atoms with Crippen molar-refractivity contribution in [2.75, 3.05) is 24.6 Å². The molecule has 0 saturated heterocycles. The Balaban J connectivity index is 1.82. The van der Waals surface area contributed by atoms with Crippen LogP contribution in [0.3, 0.4) is 0 Å². The molecule has 2 amide bonds. The Bertz CT molecular complexity index is 1000. The molecule has 0 aliphatic heterocycles. The predicted octanol–water partition coefficient (Wildman–Crippen LogP) is 5.88. The van der Waals surface area contributed by atoms with Crippen LogP contribution in [0.1, 0.15) is 70.4 Å². The summed E-state index contributed by atoms with van der Waals surface area (Å²) in [5.41, 5.74) is 2.09. The molecule has 1 saturated carbocycles. The van der Waals surface area contributed by atoms with Gasteiger partial charge in [-0.05, 0) is 81.8 Å². The van der Waals surface area contributed by atoms with Crippen LogP contribution in [0, 0.1) is 11.7 Å². The van der Waals surface area contributed by atoms with Gasteiger partial charge in [-0.25, -0.2) is 9.18 Å². The average Bonchev–Trinajstić information content (AvgIpc) is 2.85. The molecule has 1 aliphatic carbocycles. The molecule has 1 aliphatic rings. The lowest BCUT2D eigenvalue weighted by atomic mass is 9.75. The van der Waals surface area contributed by atoms with Gasteiger partial charge in [0, 0.05) is 18.8 Å². The topological polar surface area (TPSA) is 70.1 Å². The molecule has 6 nitrogen and oxygen atoms in total. The van der Waals surface area contributed by atoms with E-state index in [1.165, 1.54) is 12.1 Å². The van der Waals surface area contributed by atoms with Gasteiger partial charge in [-0.2, -0.15) is 0 Å². The van der Waals surface area contributed by atoms with E-state index in [1.807, 2.05) is 52.0 Å². The summed E-state index contributed by atoms with van der Waals surface area (Å²) in [7, 11) is 0. The maximum absolute atomic E-state index is 13.5. The van der Waals surface area contributed by atoms with Gasteiger partial charge in [0.1, 0.15) is 11.4 Å². The Morgan fingerprint density at radius 2 is 1.67 bits per heavy atom. The Morgan fingerprint density at radius 1 is 1.03 bits per heavy atom. The van der Waals surface area contributed by atoms with Crippen LogP contribution >= 0.6 is 0 Å². The number of urea groups is 1. The fraction of sp³-hybridized carbons (Fsp3) is 0.517. The first-order valence-corrected chi connectivity index (χ1v) is 12.9. The summed E-state index contributed by atoms with van der Waals surface area (Å²) in [6, 6.07) is 13.7. The molecule has 2 atom stereocenters. The monoisotopic (exact) mass is 498 g/mol. The third-order valence-corrected chi connectivity index (χ3v) is 6.62. The number of carbonyl (C=O) groups excluding carboxylic acids is 2. The Labute approximate surface area is 214 Å². The van der Waals surface area contributed by atoms with Gasteiger partial charge in [0.2, 0.25) is 0 Å². The average molecular weight is 499 g/mol. The maximum Gasteiger partial charge on any atom is 0.324 e. The number of carbonyl (C=O) groups is 2. The molecule has 0 bridgehead atoms. The number of anilines is 1. The molecule has 0 spiro atoms. The number of hydrogen-bond acceptors (Lipinski definition) is 4. The Kier molecular flexibility index (Phi) is 9.49. The first kappa shape index (κ1) is 27.7. The minimum absolute atomic E-state index is 0.109. The van der Waals surface area contributed by atoms with Gasteiger partial charge in [-0.1, -0.05) is 37.1 Å². The minimum Gasteiger partial charge on any atom is -0.460 e. The first-order chi connectivity index (χ1) is 17.1. The van der Waals surface area contributed by atoms with E-state index in [0.29, 0.717) is 18.8 Å². The molecule has 0 aromatic heterocycles. The van der Waals surface area contributed by atoms with Crippen molar-refractivity contribution >= 4 is 17.7 Å². The van der Waals surface area contributed by atoms with Crippen molar-refractivity contribution in [2.45, 2.75) is 71.4 Å². The number of hydrogen-bond donors (Lipinski definition) is 1. The van der Waals surface area contributed by atoms with Crippen molar-refractivity contribution < 1.29 is 23.8 Å². The van der Waals surface area contributed by atoms with Crippen molar-refractivity contribution in [3.05, 3.63) is 65.5 Å². The van der Waals surface area contributed by atoms with Gasteiger partial charge >= 0.3 is 12.0 Å². The van der Waals surface area contributed by atoms with E-state index >= 15 is 0 Å². The number of benzene rings is 2. The van der Waals surface area contributed by atoms with E-state index < -0.39 is 5.60 Å². The van der Waals surface area contributed by atoms with Crippen molar-refractivity contribution in [3.8, 4) is 0 Å². The molecule has 2 unspecified atom stereocenters. The summed E-state index contributed by atoms with van der Waals surface area (Å²) in [4.78, 5) is 29.3. The summed E-state index contributed by atoms with van der Waals surface area (Å²) in [5.74, 6) is -0.548. The molecule has 0 radical (unpaired) electrons. The number of rotatable bonds is 8. The number of nitrogens with zero attached hydrogens (tertiary/aromatic N) is 2.